The zero-order valence-corrected chi connectivity index (χ0v) is 16.2. The van der Waals surface area contributed by atoms with Crippen LogP contribution in [0, 0.1) is 0 Å². The molecule has 150 valence electrons. The lowest BCUT2D eigenvalue weighted by atomic mass is 10.2. The number of nitrogens with zero attached hydrogens (tertiary/aromatic N) is 4. The fraction of sp³-hybridized carbons (Fsp3) is 0.286. The quantitative estimate of drug-likeness (QED) is 0.688. The normalized spacial score (nSPS) is 14.0. The van der Waals surface area contributed by atoms with Gasteiger partial charge in [-0.25, -0.2) is 9.97 Å². The van der Waals surface area contributed by atoms with Crippen LogP contribution in [0.3, 0.4) is 0 Å². The first-order valence-corrected chi connectivity index (χ1v) is 9.50. The molecule has 1 saturated heterocycles. The molecule has 0 bridgehead atoms. The first kappa shape index (κ1) is 18.8. The summed E-state index contributed by atoms with van der Waals surface area (Å²) in [7, 11) is 1.69. The van der Waals surface area contributed by atoms with Crippen LogP contribution in [0.4, 0.5) is 11.5 Å². The van der Waals surface area contributed by atoms with Crippen molar-refractivity contribution in [3.8, 4) is 5.75 Å². The molecule has 3 heterocycles. The highest BCUT2D eigenvalue weighted by molar-refractivity contribution is 5.91. The van der Waals surface area contributed by atoms with E-state index in [-0.39, 0.29) is 11.6 Å². The third-order valence-corrected chi connectivity index (χ3v) is 4.90. The van der Waals surface area contributed by atoms with Crippen LogP contribution in [0.5, 0.6) is 5.75 Å². The van der Waals surface area contributed by atoms with Crippen molar-refractivity contribution in [3.05, 3.63) is 66.5 Å². The number of carbonyl (C=O) groups is 1. The minimum Gasteiger partial charge on any atom is -0.495 e. The van der Waals surface area contributed by atoms with Gasteiger partial charge in [0.05, 0.1) is 38.0 Å². The minimum atomic E-state index is -0.276. The van der Waals surface area contributed by atoms with Gasteiger partial charge in [0.1, 0.15) is 23.0 Å². The van der Waals surface area contributed by atoms with E-state index in [0.717, 1.165) is 43.4 Å². The number of hydrogen-bond acceptors (Lipinski definition) is 7. The molecule has 8 heteroatoms. The van der Waals surface area contributed by atoms with Crippen LogP contribution in [-0.2, 0) is 6.54 Å². The van der Waals surface area contributed by atoms with Crippen molar-refractivity contribution >= 4 is 17.4 Å². The predicted molar refractivity (Wildman–Crippen MR) is 109 cm³/mol. The van der Waals surface area contributed by atoms with E-state index in [9.17, 15) is 4.79 Å². The van der Waals surface area contributed by atoms with Gasteiger partial charge in [-0.1, -0.05) is 12.1 Å². The molecule has 1 amide bonds. The Labute approximate surface area is 169 Å². The number of methoxy groups -OCH3 is 1. The van der Waals surface area contributed by atoms with Crippen molar-refractivity contribution in [2.24, 2.45) is 0 Å². The summed E-state index contributed by atoms with van der Waals surface area (Å²) in [6.07, 6.45) is 4.74. The van der Waals surface area contributed by atoms with Crippen LogP contribution in [0.15, 0.2) is 59.5 Å². The Morgan fingerprint density at radius 3 is 2.55 bits per heavy atom. The average molecular weight is 393 g/mol. The van der Waals surface area contributed by atoms with E-state index in [1.165, 1.54) is 6.20 Å². The second-order valence-electron chi connectivity index (χ2n) is 6.67. The highest BCUT2D eigenvalue weighted by atomic mass is 16.5. The number of hydrogen-bond donors (Lipinski definition) is 1. The number of rotatable bonds is 6. The van der Waals surface area contributed by atoms with Gasteiger partial charge < -0.3 is 24.3 Å². The number of piperazine rings is 1. The largest absolute Gasteiger partial charge is 0.495 e. The monoisotopic (exact) mass is 393 g/mol. The maximum absolute atomic E-state index is 12.2. The van der Waals surface area contributed by atoms with Gasteiger partial charge in [-0.05, 0) is 24.3 Å². The molecule has 0 radical (unpaired) electrons. The van der Waals surface area contributed by atoms with Crippen molar-refractivity contribution in [1.29, 1.82) is 0 Å². The van der Waals surface area contributed by atoms with Gasteiger partial charge in [-0.2, -0.15) is 0 Å². The second-order valence-corrected chi connectivity index (χ2v) is 6.67. The number of benzene rings is 1. The summed E-state index contributed by atoms with van der Waals surface area (Å²) in [4.78, 5) is 25.4. The van der Waals surface area contributed by atoms with Crippen LogP contribution >= 0.6 is 0 Å². The standard InChI is InChI=1S/C21H23N5O3/c1-28-19-7-3-2-6-18(19)25-8-10-26(11-9-25)20-15-22-17(14-23-20)21(27)24-13-16-5-4-12-29-16/h2-7,12,14-15H,8-11,13H2,1H3,(H,24,27). The summed E-state index contributed by atoms with van der Waals surface area (Å²) in [5.41, 5.74) is 1.39. The zero-order chi connectivity index (χ0) is 20.1. The topological polar surface area (TPSA) is 83.7 Å². The summed E-state index contributed by atoms with van der Waals surface area (Å²) in [6.45, 7) is 3.66. The molecule has 1 aromatic carbocycles. The van der Waals surface area contributed by atoms with Crippen LogP contribution in [-0.4, -0.2) is 49.2 Å². The number of para-hydroxylation sites is 2. The Kier molecular flexibility index (Phi) is 5.60. The number of anilines is 2. The van der Waals surface area contributed by atoms with Crippen molar-refractivity contribution in [1.82, 2.24) is 15.3 Å². The van der Waals surface area contributed by atoms with Crippen molar-refractivity contribution in [3.63, 3.8) is 0 Å². The lowest BCUT2D eigenvalue weighted by Gasteiger charge is -2.37. The number of amides is 1. The molecule has 0 spiro atoms. The van der Waals surface area contributed by atoms with E-state index in [2.05, 4.69) is 31.2 Å². The third-order valence-electron chi connectivity index (χ3n) is 4.90. The Morgan fingerprint density at radius 2 is 1.86 bits per heavy atom. The number of furan rings is 1. The number of aromatic nitrogens is 2. The molecule has 3 aromatic rings. The molecule has 29 heavy (non-hydrogen) atoms. The first-order valence-electron chi connectivity index (χ1n) is 9.50. The van der Waals surface area contributed by atoms with Gasteiger partial charge in [0.15, 0.2) is 0 Å². The summed E-state index contributed by atoms with van der Waals surface area (Å²) in [5, 5.41) is 2.77. The molecule has 8 nitrogen and oxygen atoms in total. The molecule has 0 atom stereocenters. The fourth-order valence-corrected chi connectivity index (χ4v) is 3.34. The molecule has 0 unspecified atom stereocenters. The number of nitrogens with one attached hydrogen (secondary N) is 1. The predicted octanol–water partition coefficient (Wildman–Crippen LogP) is 2.33. The lowest BCUT2D eigenvalue weighted by molar-refractivity contribution is 0.0942. The molecule has 4 rings (SSSR count). The van der Waals surface area contributed by atoms with E-state index in [0.29, 0.717) is 12.3 Å². The van der Waals surface area contributed by atoms with Crippen molar-refractivity contribution in [2.75, 3.05) is 43.1 Å². The highest BCUT2D eigenvalue weighted by Gasteiger charge is 2.21. The Bertz CT molecular complexity index is 935. The first-order chi connectivity index (χ1) is 14.2. The van der Waals surface area contributed by atoms with E-state index >= 15 is 0 Å². The SMILES string of the molecule is COc1ccccc1N1CCN(c2cnc(C(=O)NCc3ccco3)cn2)CC1. The maximum Gasteiger partial charge on any atom is 0.271 e. The fourth-order valence-electron chi connectivity index (χ4n) is 3.34. The van der Waals surface area contributed by atoms with E-state index in [4.69, 9.17) is 9.15 Å². The summed E-state index contributed by atoms with van der Waals surface area (Å²) >= 11 is 0. The van der Waals surface area contributed by atoms with Gasteiger partial charge in [-0.3, -0.25) is 4.79 Å². The van der Waals surface area contributed by atoms with E-state index in [1.54, 1.807) is 31.7 Å². The van der Waals surface area contributed by atoms with Crippen LogP contribution < -0.4 is 19.9 Å². The molecule has 0 saturated carbocycles. The van der Waals surface area contributed by atoms with Crippen LogP contribution in [0.1, 0.15) is 16.2 Å². The molecule has 1 aliphatic rings. The molecule has 1 fully saturated rings. The zero-order valence-electron chi connectivity index (χ0n) is 16.2. The summed E-state index contributed by atoms with van der Waals surface area (Å²) in [5.74, 6) is 2.07. The maximum atomic E-state index is 12.2. The third kappa shape index (κ3) is 4.31. The summed E-state index contributed by atoms with van der Waals surface area (Å²) in [6, 6.07) is 11.6. The molecular formula is C21H23N5O3. The summed E-state index contributed by atoms with van der Waals surface area (Å²) < 4.78 is 10.7. The van der Waals surface area contributed by atoms with Gasteiger partial charge in [0.2, 0.25) is 0 Å². The minimum absolute atomic E-state index is 0.276. The van der Waals surface area contributed by atoms with Gasteiger partial charge in [-0.15, -0.1) is 0 Å². The smallest absolute Gasteiger partial charge is 0.271 e. The van der Waals surface area contributed by atoms with Gasteiger partial charge in [0, 0.05) is 26.2 Å². The van der Waals surface area contributed by atoms with E-state index < -0.39 is 0 Å². The molecule has 1 aliphatic heterocycles. The van der Waals surface area contributed by atoms with Gasteiger partial charge >= 0.3 is 0 Å². The average Bonchev–Trinajstić information content (AvgIpc) is 3.31. The highest BCUT2D eigenvalue weighted by Crippen LogP contribution is 2.28. The van der Waals surface area contributed by atoms with Crippen molar-refractivity contribution < 1.29 is 13.9 Å². The Balaban J connectivity index is 1.33. The molecule has 1 N–H and O–H groups in total. The van der Waals surface area contributed by atoms with E-state index in [1.807, 2.05) is 18.2 Å². The number of carbonyl (C=O) groups excluding carboxylic acids is 1. The molecule has 0 aliphatic carbocycles. The Hall–Kier alpha value is -3.55. The van der Waals surface area contributed by atoms with Crippen molar-refractivity contribution in [2.45, 2.75) is 6.54 Å². The second kappa shape index (κ2) is 8.64. The Morgan fingerprint density at radius 1 is 1.07 bits per heavy atom. The van der Waals surface area contributed by atoms with Crippen LogP contribution in [0.2, 0.25) is 0 Å². The van der Waals surface area contributed by atoms with Crippen LogP contribution in [0.25, 0.3) is 0 Å². The lowest BCUT2D eigenvalue weighted by Crippen LogP contribution is -2.47. The van der Waals surface area contributed by atoms with Gasteiger partial charge in [0.25, 0.3) is 5.91 Å². The number of ether oxygens (including phenoxy) is 1. The molecular weight excluding hydrogens is 370 g/mol. The molecule has 2 aromatic heterocycles.